The minimum Gasteiger partial charge on any atom is -0.473 e. The second-order valence-electron chi connectivity index (χ2n) is 11.1. The quantitative estimate of drug-likeness (QED) is 0.313. The molecule has 0 saturated carbocycles. The van der Waals surface area contributed by atoms with Crippen LogP contribution in [0.1, 0.15) is 60.4 Å². The zero-order valence-electron chi connectivity index (χ0n) is 23.4. The lowest BCUT2D eigenvalue weighted by atomic mass is 9.93. The molecule has 6 rings (SSSR count). The molecular formula is C32H38N6O2. The predicted octanol–water partition coefficient (Wildman–Crippen LogP) is 5.20. The second-order valence-corrected chi connectivity index (χ2v) is 11.1. The van der Waals surface area contributed by atoms with Crippen molar-refractivity contribution in [3.63, 3.8) is 0 Å². The van der Waals surface area contributed by atoms with E-state index in [1.807, 2.05) is 25.1 Å². The summed E-state index contributed by atoms with van der Waals surface area (Å²) in [7, 11) is 0. The molecule has 2 aliphatic rings. The Bertz CT molecular complexity index is 1500. The van der Waals surface area contributed by atoms with E-state index < -0.39 is 0 Å². The maximum atomic E-state index is 6.07. The number of rotatable bonds is 9. The van der Waals surface area contributed by atoms with Crippen LogP contribution in [0.4, 0.5) is 0 Å². The van der Waals surface area contributed by atoms with E-state index in [1.165, 1.54) is 11.1 Å². The van der Waals surface area contributed by atoms with E-state index in [0.29, 0.717) is 24.5 Å². The highest BCUT2D eigenvalue weighted by molar-refractivity contribution is 5.77. The third-order valence-corrected chi connectivity index (χ3v) is 8.14. The van der Waals surface area contributed by atoms with Gasteiger partial charge in [-0.15, -0.1) is 0 Å². The number of aromatic nitrogens is 4. The van der Waals surface area contributed by atoms with Gasteiger partial charge in [0, 0.05) is 30.5 Å². The molecular weight excluding hydrogens is 500 g/mol. The fourth-order valence-corrected chi connectivity index (χ4v) is 5.59. The van der Waals surface area contributed by atoms with Crippen LogP contribution in [0.3, 0.4) is 0 Å². The number of imidazole rings is 1. The number of aryl methyl sites for hydroxylation is 1. The lowest BCUT2D eigenvalue weighted by Crippen LogP contribution is -2.35. The number of piperidine rings is 1. The van der Waals surface area contributed by atoms with Crippen molar-refractivity contribution in [2.24, 2.45) is 5.73 Å². The summed E-state index contributed by atoms with van der Waals surface area (Å²) >= 11 is 0. The minimum absolute atomic E-state index is 0.301. The van der Waals surface area contributed by atoms with Gasteiger partial charge in [0.15, 0.2) is 0 Å². The molecule has 0 spiro atoms. The predicted molar refractivity (Wildman–Crippen MR) is 157 cm³/mol. The first-order valence-corrected chi connectivity index (χ1v) is 14.3. The van der Waals surface area contributed by atoms with Gasteiger partial charge in [-0.05, 0) is 99.4 Å². The molecule has 0 aliphatic carbocycles. The highest BCUT2D eigenvalue weighted by Crippen LogP contribution is 2.30. The molecule has 4 aromatic rings. The fraction of sp³-hybridized carbons (Fsp3) is 0.406. The molecule has 1 aromatic carbocycles. The summed E-state index contributed by atoms with van der Waals surface area (Å²) in [6.07, 6.45) is 6.93. The third kappa shape index (κ3) is 5.88. The molecule has 2 saturated heterocycles. The van der Waals surface area contributed by atoms with Gasteiger partial charge in [-0.2, -0.15) is 0 Å². The Kier molecular flexibility index (Phi) is 7.80. The molecule has 8 heteroatoms. The number of allylic oxidation sites excluding steroid dienone is 1. The van der Waals surface area contributed by atoms with Crippen LogP contribution in [0.15, 0.2) is 60.9 Å². The molecule has 8 nitrogen and oxygen atoms in total. The van der Waals surface area contributed by atoms with Crippen LogP contribution in [0.5, 0.6) is 5.88 Å². The van der Waals surface area contributed by atoms with Gasteiger partial charge in [-0.3, -0.25) is 9.88 Å². The second kappa shape index (κ2) is 11.8. The highest BCUT2D eigenvalue weighted by Gasteiger charge is 2.26. The molecule has 40 heavy (non-hydrogen) atoms. The number of fused-ring (bicyclic) bond motifs is 1. The number of hydrogen-bond acceptors (Lipinski definition) is 7. The van der Waals surface area contributed by atoms with Gasteiger partial charge < -0.3 is 19.8 Å². The molecule has 2 N–H and O–H groups in total. The van der Waals surface area contributed by atoms with Gasteiger partial charge in [0.2, 0.25) is 5.88 Å². The van der Waals surface area contributed by atoms with Crippen molar-refractivity contribution in [1.29, 1.82) is 0 Å². The summed E-state index contributed by atoms with van der Waals surface area (Å²) in [5.74, 6) is 2.22. The van der Waals surface area contributed by atoms with Gasteiger partial charge in [0.25, 0.3) is 0 Å². The average molecular weight is 539 g/mol. The zero-order valence-corrected chi connectivity index (χ0v) is 23.4. The fourth-order valence-electron chi connectivity index (χ4n) is 5.59. The Morgan fingerprint density at radius 3 is 2.73 bits per heavy atom. The van der Waals surface area contributed by atoms with Gasteiger partial charge in [0.1, 0.15) is 12.4 Å². The van der Waals surface area contributed by atoms with Gasteiger partial charge in [0.05, 0.1) is 35.9 Å². The Morgan fingerprint density at radius 1 is 1.10 bits per heavy atom. The molecule has 0 bridgehead atoms. The SMILES string of the molecule is CC(=CN)c1cc(COc2cccc(C3CCN(Cc4nc5ccc(C)cc5n4CC4CCO4)CC3)n2)ccn1. The average Bonchev–Trinajstić information content (AvgIpc) is 3.29. The topological polar surface area (TPSA) is 91.3 Å². The summed E-state index contributed by atoms with van der Waals surface area (Å²) < 4.78 is 14.2. The standard InChI is InChI=1S/C32H38N6O2/c1-22-6-7-28-30(16-22)38(19-26-11-15-39-26)31(35-28)20-37-13-9-25(10-14-37)27-4-3-5-32(36-27)40-21-24-8-12-34-29(17-24)23(2)18-33/h3-8,12,16-18,25-26H,9-11,13-15,19-21,33H2,1-2H3. The number of pyridine rings is 2. The van der Waals surface area contributed by atoms with Crippen molar-refractivity contribution in [2.75, 3.05) is 19.7 Å². The van der Waals surface area contributed by atoms with Gasteiger partial charge in [-0.25, -0.2) is 9.97 Å². The van der Waals surface area contributed by atoms with Crippen LogP contribution in [0, 0.1) is 6.92 Å². The van der Waals surface area contributed by atoms with Crippen LogP contribution in [0.25, 0.3) is 16.6 Å². The van der Waals surface area contributed by atoms with E-state index in [2.05, 4.69) is 51.7 Å². The van der Waals surface area contributed by atoms with Crippen LogP contribution in [0.2, 0.25) is 0 Å². The molecule has 2 aliphatic heterocycles. The Balaban J connectivity index is 1.08. The number of hydrogen-bond donors (Lipinski definition) is 1. The van der Waals surface area contributed by atoms with Gasteiger partial charge >= 0.3 is 0 Å². The molecule has 1 unspecified atom stereocenters. The van der Waals surface area contributed by atoms with Crippen molar-refractivity contribution in [3.8, 4) is 5.88 Å². The number of ether oxygens (including phenoxy) is 2. The van der Waals surface area contributed by atoms with E-state index >= 15 is 0 Å². The lowest BCUT2D eigenvalue weighted by molar-refractivity contribution is -0.0592. The van der Waals surface area contributed by atoms with Crippen LogP contribution in [-0.2, 0) is 24.4 Å². The van der Waals surface area contributed by atoms with Crippen molar-refractivity contribution >= 4 is 16.6 Å². The van der Waals surface area contributed by atoms with Crippen LogP contribution in [-0.4, -0.2) is 50.2 Å². The molecule has 208 valence electrons. The van der Waals surface area contributed by atoms with E-state index in [4.69, 9.17) is 25.2 Å². The van der Waals surface area contributed by atoms with E-state index in [9.17, 15) is 0 Å². The maximum Gasteiger partial charge on any atom is 0.213 e. The minimum atomic E-state index is 0.301. The van der Waals surface area contributed by atoms with Crippen molar-refractivity contribution < 1.29 is 9.47 Å². The summed E-state index contributed by atoms with van der Waals surface area (Å²) in [6.45, 7) is 9.19. The molecule has 5 heterocycles. The van der Waals surface area contributed by atoms with E-state index in [1.54, 1.807) is 12.4 Å². The molecule has 0 radical (unpaired) electrons. The number of benzene rings is 1. The highest BCUT2D eigenvalue weighted by atomic mass is 16.5. The first kappa shape index (κ1) is 26.5. The summed E-state index contributed by atoms with van der Waals surface area (Å²) in [5, 5.41) is 0. The number of nitrogens with zero attached hydrogens (tertiary/aromatic N) is 5. The lowest BCUT2D eigenvalue weighted by Gasteiger charge is -2.32. The first-order chi connectivity index (χ1) is 19.6. The van der Waals surface area contributed by atoms with E-state index in [0.717, 1.165) is 85.9 Å². The first-order valence-electron chi connectivity index (χ1n) is 14.3. The van der Waals surface area contributed by atoms with Gasteiger partial charge in [-0.1, -0.05) is 12.1 Å². The Morgan fingerprint density at radius 2 is 1.95 bits per heavy atom. The number of nitrogens with two attached hydrogens (primary N) is 1. The smallest absolute Gasteiger partial charge is 0.213 e. The normalized spacial score (nSPS) is 18.6. The third-order valence-electron chi connectivity index (χ3n) is 8.14. The molecule has 1 atom stereocenters. The summed E-state index contributed by atoms with van der Waals surface area (Å²) in [6, 6.07) is 16.6. The van der Waals surface area contributed by atoms with Crippen molar-refractivity contribution in [3.05, 3.63) is 89.3 Å². The summed E-state index contributed by atoms with van der Waals surface area (Å²) in [4.78, 5) is 16.8. The largest absolute Gasteiger partial charge is 0.473 e. The molecule has 0 amide bonds. The Hall–Kier alpha value is -3.75. The molecule has 3 aromatic heterocycles. The van der Waals surface area contributed by atoms with Crippen LogP contribution < -0.4 is 10.5 Å². The number of likely N-dealkylation sites (tertiary alicyclic amines) is 1. The van der Waals surface area contributed by atoms with Crippen LogP contribution >= 0.6 is 0 Å². The zero-order chi connectivity index (χ0) is 27.5. The monoisotopic (exact) mass is 538 g/mol. The van der Waals surface area contributed by atoms with E-state index in [-0.39, 0.29) is 0 Å². The molecule has 2 fully saturated rings. The maximum absolute atomic E-state index is 6.07. The van der Waals surface area contributed by atoms with Crippen molar-refractivity contribution in [2.45, 2.75) is 64.8 Å². The van der Waals surface area contributed by atoms with Crippen molar-refractivity contribution in [1.82, 2.24) is 24.4 Å². The Labute approximate surface area is 235 Å². The summed E-state index contributed by atoms with van der Waals surface area (Å²) in [5.41, 5.74) is 13.2.